The van der Waals surface area contributed by atoms with Gasteiger partial charge in [0.05, 0.1) is 26.1 Å². The average molecular weight is 426 g/mol. The van der Waals surface area contributed by atoms with Gasteiger partial charge in [-0.1, -0.05) is 11.8 Å². The fourth-order valence-corrected chi connectivity index (χ4v) is 3.71. The smallest absolute Gasteiger partial charge is 0.234 e. The number of ether oxygens (including phenoxy) is 3. The van der Waals surface area contributed by atoms with E-state index in [0.717, 1.165) is 23.6 Å². The number of benzene rings is 2. The third kappa shape index (κ3) is 4.51. The minimum Gasteiger partial charge on any atom is -0.497 e. The fourth-order valence-electron chi connectivity index (χ4n) is 3.00. The highest BCUT2D eigenvalue weighted by Crippen LogP contribution is 2.32. The summed E-state index contributed by atoms with van der Waals surface area (Å²) in [5.41, 5.74) is 1.59. The molecule has 1 aliphatic rings. The Balaban J connectivity index is 1.37. The second-order valence-corrected chi connectivity index (χ2v) is 7.59. The Hall–Kier alpha value is -3.20. The van der Waals surface area contributed by atoms with Crippen molar-refractivity contribution in [3.8, 4) is 28.6 Å². The number of amides is 1. The van der Waals surface area contributed by atoms with E-state index in [1.54, 1.807) is 19.2 Å². The number of carbonyl (C=O) groups excluding carboxylic acids is 1. The summed E-state index contributed by atoms with van der Waals surface area (Å²) in [6.07, 6.45) is 0.837. The van der Waals surface area contributed by atoms with Crippen LogP contribution in [0.3, 0.4) is 0 Å². The van der Waals surface area contributed by atoms with Crippen molar-refractivity contribution in [2.75, 3.05) is 31.4 Å². The second-order valence-electron chi connectivity index (χ2n) is 6.64. The summed E-state index contributed by atoms with van der Waals surface area (Å²) in [7, 11) is 3.51. The predicted molar refractivity (Wildman–Crippen MR) is 114 cm³/mol. The first-order valence-electron chi connectivity index (χ1n) is 9.50. The van der Waals surface area contributed by atoms with E-state index >= 15 is 0 Å². The molecule has 0 fully saturated rings. The molecule has 0 bridgehead atoms. The standard InChI is InChI=1S/C21H22N4O4S/c1-25-20(14-4-7-16(27-2)8-5-14)23-24-21(25)30-13-19(26)22-15-6-9-17-18(12-15)29-11-3-10-28-17/h4-9,12H,3,10-11,13H2,1-2H3,(H,22,26). The molecule has 1 aromatic heterocycles. The molecule has 1 N–H and O–H groups in total. The highest BCUT2D eigenvalue weighted by atomic mass is 32.2. The van der Waals surface area contributed by atoms with Crippen LogP contribution in [0.15, 0.2) is 47.6 Å². The van der Waals surface area contributed by atoms with Crippen molar-refractivity contribution < 1.29 is 19.0 Å². The highest BCUT2D eigenvalue weighted by Gasteiger charge is 2.15. The molecule has 0 spiro atoms. The van der Waals surface area contributed by atoms with E-state index in [9.17, 15) is 4.79 Å². The summed E-state index contributed by atoms with van der Waals surface area (Å²) in [5.74, 6) is 2.93. The second kappa shape index (κ2) is 9.08. The fraction of sp³-hybridized carbons (Fsp3) is 0.286. The summed E-state index contributed by atoms with van der Waals surface area (Å²) in [4.78, 5) is 12.4. The Bertz CT molecular complexity index is 1040. The Kier molecular flexibility index (Phi) is 6.08. The van der Waals surface area contributed by atoms with Crippen LogP contribution in [0.5, 0.6) is 17.2 Å². The van der Waals surface area contributed by atoms with E-state index in [4.69, 9.17) is 14.2 Å². The summed E-state index contributed by atoms with van der Waals surface area (Å²) >= 11 is 1.33. The first-order chi connectivity index (χ1) is 14.6. The Morgan fingerprint density at radius 2 is 1.90 bits per heavy atom. The molecule has 8 nitrogen and oxygen atoms in total. The summed E-state index contributed by atoms with van der Waals surface area (Å²) < 4.78 is 18.3. The third-order valence-electron chi connectivity index (χ3n) is 4.55. The summed E-state index contributed by atoms with van der Waals surface area (Å²) in [5, 5.41) is 12.0. The van der Waals surface area contributed by atoms with Crippen molar-refractivity contribution in [3.63, 3.8) is 0 Å². The number of nitrogens with zero attached hydrogens (tertiary/aromatic N) is 3. The monoisotopic (exact) mass is 426 g/mol. The quantitative estimate of drug-likeness (QED) is 0.605. The van der Waals surface area contributed by atoms with E-state index in [-0.39, 0.29) is 11.7 Å². The van der Waals surface area contributed by atoms with Crippen molar-refractivity contribution in [2.24, 2.45) is 7.05 Å². The first-order valence-corrected chi connectivity index (χ1v) is 10.5. The number of fused-ring (bicyclic) bond motifs is 1. The maximum Gasteiger partial charge on any atom is 0.234 e. The third-order valence-corrected chi connectivity index (χ3v) is 5.57. The molecular weight excluding hydrogens is 404 g/mol. The van der Waals surface area contributed by atoms with E-state index in [0.29, 0.717) is 35.6 Å². The molecule has 1 aliphatic heterocycles. The van der Waals surface area contributed by atoms with E-state index < -0.39 is 0 Å². The molecule has 2 heterocycles. The van der Waals surface area contributed by atoms with Gasteiger partial charge >= 0.3 is 0 Å². The van der Waals surface area contributed by atoms with Crippen LogP contribution >= 0.6 is 11.8 Å². The minimum atomic E-state index is -0.136. The number of hydrogen-bond donors (Lipinski definition) is 1. The Morgan fingerprint density at radius 3 is 2.67 bits per heavy atom. The van der Waals surface area contributed by atoms with Gasteiger partial charge in [0, 0.05) is 30.8 Å². The van der Waals surface area contributed by atoms with Crippen LogP contribution in [0, 0.1) is 0 Å². The molecule has 1 amide bonds. The topological polar surface area (TPSA) is 87.5 Å². The molecular formula is C21H22N4O4S. The molecule has 3 aromatic rings. The van der Waals surface area contributed by atoms with Gasteiger partial charge < -0.3 is 24.1 Å². The van der Waals surface area contributed by atoms with E-state index in [1.807, 2.05) is 41.9 Å². The lowest BCUT2D eigenvalue weighted by Gasteiger charge is -2.10. The van der Waals surface area contributed by atoms with Crippen molar-refractivity contribution in [3.05, 3.63) is 42.5 Å². The lowest BCUT2D eigenvalue weighted by molar-refractivity contribution is -0.113. The number of carbonyl (C=O) groups is 1. The zero-order chi connectivity index (χ0) is 20.9. The molecule has 9 heteroatoms. The van der Waals surface area contributed by atoms with Crippen LogP contribution in [-0.2, 0) is 11.8 Å². The molecule has 0 saturated heterocycles. The predicted octanol–water partition coefficient (Wildman–Crippen LogP) is 3.38. The van der Waals surface area contributed by atoms with Crippen LogP contribution in [-0.4, -0.2) is 46.7 Å². The van der Waals surface area contributed by atoms with Gasteiger partial charge in [-0.3, -0.25) is 4.79 Å². The highest BCUT2D eigenvalue weighted by molar-refractivity contribution is 7.99. The van der Waals surface area contributed by atoms with Gasteiger partial charge in [-0.25, -0.2) is 0 Å². The van der Waals surface area contributed by atoms with Crippen LogP contribution in [0.4, 0.5) is 5.69 Å². The number of aromatic nitrogens is 3. The van der Waals surface area contributed by atoms with Crippen LogP contribution < -0.4 is 19.5 Å². The molecule has 4 rings (SSSR count). The van der Waals surface area contributed by atoms with Gasteiger partial charge in [0.15, 0.2) is 22.5 Å². The maximum absolute atomic E-state index is 12.4. The molecule has 0 saturated carbocycles. The number of thioether (sulfide) groups is 1. The Labute approximate surface area is 178 Å². The van der Waals surface area contributed by atoms with E-state index in [1.165, 1.54) is 11.8 Å². The van der Waals surface area contributed by atoms with Crippen molar-refractivity contribution in [1.29, 1.82) is 0 Å². The molecule has 0 atom stereocenters. The van der Waals surface area contributed by atoms with Gasteiger partial charge in [-0.05, 0) is 36.4 Å². The van der Waals surface area contributed by atoms with Crippen LogP contribution in [0.2, 0.25) is 0 Å². The van der Waals surface area contributed by atoms with Crippen LogP contribution in [0.25, 0.3) is 11.4 Å². The molecule has 0 aliphatic carbocycles. The largest absolute Gasteiger partial charge is 0.497 e. The molecule has 0 radical (unpaired) electrons. The Morgan fingerprint density at radius 1 is 1.13 bits per heavy atom. The van der Waals surface area contributed by atoms with Crippen molar-refractivity contribution >= 4 is 23.4 Å². The zero-order valence-electron chi connectivity index (χ0n) is 16.8. The molecule has 30 heavy (non-hydrogen) atoms. The number of methoxy groups -OCH3 is 1. The van der Waals surface area contributed by atoms with Crippen molar-refractivity contribution in [1.82, 2.24) is 14.8 Å². The zero-order valence-corrected chi connectivity index (χ0v) is 17.6. The number of hydrogen-bond acceptors (Lipinski definition) is 7. The summed E-state index contributed by atoms with van der Waals surface area (Å²) in [6.45, 7) is 1.23. The SMILES string of the molecule is COc1ccc(-c2nnc(SCC(=O)Nc3ccc4c(c3)OCCCO4)n2C)cc1. The van der Waals surface area contributed by atoms with Crippen molar-refractivity contribution in [2.45, 2.75) is 11.6 Å². The normalized spacial score (nSPS) is 12.9. The minimum absolute atomic E-state index is 0.136. The molecule has 156 valence electrons. The molecule has 2 aromatic carbocycles. The van der Waals surface area contributed by atoms with Gasteiger partial charge in [0.25, 0.3) is 0 Å². The number of anilines is 1. The molecule has 0 unspecified atom stereocenters. The lowest BCUT2D eigenvalue weighted by atomic mass is 10.2. The number of rotatable bonds is 6. The average Bonchev–Trinajstić information content (AvgIpc) is 2.97. The number of nitrogens with one attached hydrogen (secondary N) is 1. The van der Waals surface area contributed by atoms with Gasteiger partial charge in [-0.15, -0.1) is 10.2 Å². The van der Waals surface area contributed by atoms with Gasteiger partial charge in [0.2, 0.25) is 5.91 Å². The van der Waals surface area contributed by atoms with Gasteiger partial charge in [-0.2, -0.15) is 0 Å². The van der Waals surface area contributed by atoms with Gasteiger partial charge in [0.1, 0.15) is 5.75 Å². The van der Waals surface area contributed by atoms with Crippen LogP contribution in [0.1, 0.15) is 6.42 Å². The summed E-state index contributed by atoms with van der Waals surface area (Å²) in [6, 6.07) is 13.0. The first kappa shape index (κ1) is 20.1. The maximum atomic E-state index is 12.4. The van der Waals surface area contributed by atoms with E-state index in [2.05, 4.69) is 15.5 Å². The lowest BCUT2D eigenvalue weighted by Crippen LogP contribution is -2.14.